The largest absolute Gasteiger partial charge is 0.394 e. The molecule has 0 radical (unpaired) electrons. The van der Waals surface area contributed by atoms with Crippen molar-refractivity contribution in [1.29, 1.82) is 0 Å². The van der Waals surface area contributed by atoms with Crippen LogP contribution < -0.4 is 5.32 Å². The molecule has 35 heavy (non-hydrogen) atoms. The molecule has 1 aromatic carbocycles. The normalized spacial score (nSPS) is 22.3. The quantitative estimate of drug-likeness (QED) is 0.514. The van der Waals surface area contributed by atoms with Crippen LogP contribution in [0.5, 0.6) is 0 Å². The summed E-state index contributed by atoms with van der Waals surface area (Å²) < 4.78 is 7.34. The minimum atomic E-state index is -0.215. The second kappa shape index (κ2) is 9.75. The second-order valence-electron chi connectivity index (χ2n) is 10.1. The summed E-state index contributed by atoms with van der Waals surface area (Å²) in [6.07, 6.45) is 3.57. The van der Waals surface area contributed by atoms with E-state index >= 15 is 0 Å². The van der Waals surface area contributed by atoms with Gasteiger partial charge >= 0.3 is 0 Å². The number of hydrogen-bond acceptors (Lipinski definition) is 7. The number of hydrogen-bond donors (Lipinski definition) is 2. The van der Waals surface area contributed by atoms with Crippen LogP contribution in [-0.2, 0) is 22.5 Å². The maximum atomic E-state index is 12.4. The highest BCUT2D eigenvalue weighted by Gasteiger charge is 2.32. The third-order valence-electron chi connectivity index (χ3n) is 6.88. The number of carbonyl (C=O) groups is 1. The Labute approximate surface area is 214 Å². The van der Waals surface area contributed by atoms with Crippen molar-refractivity contribution in [2.45, 2.75) is 64.3 Å². The number of benzene rings is 1. The predicted octanol–water partition coefficient (Wildman–Crippen LogP) is 4.11. The number of carbonyl (C=O) groups excluding carboxylic acids is 1. The Morgan fingerprint density at radius 1 is 1.31 bits per heavy atom. The molecule has 2 aliphatic heterocycles. The number of likely N-dealkylation sites (tertiary alicyclic amines) is 1. The first-order valence-electron chi connectivity index (χ1n) is 12.1. The average molecular weight is 515 g/mol. The summed E-state index contributed by atoms with van der Waals surface area (Å²) in [5.41, 5.74) is 4.76. The first-order valence-corrected chi connectivity index (χ1v) is 13.2. The fraction of sp³-hybridized carbons (Fsp3) is 0.500. The minimum absolute atomic E-state index is 0.0122. The number of aromatic nitrogens is 2. The van der Waals surface area contributed by atoms with E-state index in [1.165, 1.54) is 5.56 Å². The van der Waals surface area contributed by atoms with Crippen LogP contribution in [0.25, 0.3) is 21.5 Å². The first kappa shape index (κ1) is 24.6. The number of thiophene rings is 1. The van der Waals surface area contributed by atoms with Crippen molar-refractivity contribution in [3.63, 3.8) is 0 Å². The van der Waals surface area contributed by atoms with E-state index in [0.717, 1.165) is 51.4 Å². The molecule has 2 atom stereocenters. The van der Waals surface area contributed by atoms with Crippen LogP contribution in [0.4, 0.5) is 0 Å². The van der Waals surface area contributed by atoms with Crippen molar-refractivity contribution in [3.8, 4) is 11.3 Å². The Morgan fingerprint density at radius 3 is 2.91 bits per heavy atom. The molecule has 2 fully saturated rings. The lowest BCUT2D eigenvalue weighted by atomic mass is 9.93. The van der Waals surface area contributed by atoms with Gasteiger partial charge in [-0.2, -0.15) is 0 Å². The number of ether oxygens (including phenoxy) is 1. The number of fused-ring (bicyclic) bond motifs is 1. The van der Waals surface area contributed by atoms with Gasteiger partial charge in [-0.3, -0.25) is 4.79 Å². The smallest absolute Gasteiger partial charge is 0.223 e. The molecule has 0 saturated carbocycles. The van der Waals surface area contributed by atoms with Gasteiger partial charge in [0.2, 0.25) is 5.91 Å². The van der Waals surface area contributed by atoms with E-state index in [2.05, 4.69) is 31.1 Å². The fourth-order valence-corrected chi connectivity index (χ4v) is 6.59. The lowest BCUT2D eigenvalue weighted by Gasteiger charge is -2.37. The van der Waals surface area contributed by atoms with Crippen LogP contribution in [0.2, 0.25) is 5.02 Å². The zero-order valence-electron chi connectivity index (χ0n) is 20.3. The molecule has 4 heterocycles. The zero-order chi connectivity index (χ0) is 24.7. The van der Waals surface area contributed by atoms with Crippen LogP contribution in [0.3, 0.4) is 0 Å². The minimum Gasteiger partial charge on any atom is -0.394 e. The summed E-state index contributed by atoms with van der Waals surface area (Å²) in [4.78, 5) is 24.4. The average Bonchev–Trinajstić information content (AvgIpc) is 3.37. The van der Waals surface area contributed by atoms with Gasteiger partial charge in [-0.25, -0.2) is 9.97 Å². The molecule has 2 aromatic heterocycles. The van der Waals surface area contributed by atoms with E-state index < -0.39 is 0 Å². The van der Waals surface area contributed by atoms with Crippen molar-refractivity contribution < 1.29 is 14.6 Å². The van der Waals surface area contributed by atoms with E-state index in [0.29, 0.717) is 24.4 Å². The molecule has 2 aliphatic rings. The summed E-state index contributed by atoms with van der Waals surface area (Å²) in [6, 6.07) is 5.89. The predicted molar refractivity (Wildman–Crippen MR) is 139 cm³/mol. The van der Waals surface area contributed by atoms with Gasteiger partial charge in [0.05, 0.1) is 46.8 Å². The molecule has 1 amide bonds. The summed E-state index contributed by atoms with van der Waals surface area (Å²) in [5, 5.41) is 13.8. The molecule has 186 valence electrons. The summed E-state index contributed by atoms with van der Waals surface area (Å²) in [5.74, 6) is 0.0876. The molecular formula is C26H31ClN4O3S. The van der Waals surface area contributed by atoms with Gasteiger partial charge in [-0.15, -0.1) is 11.3 Å². The van der Waals surface area contributed by atoms with Gasteiger partial charge in [0.15, 0.2) is 0 Å². The molecule has 7 nitrogen and oxygen atoms in total. The van der Waals surface area contributed by atoms with Crippen LogP contribution >= 0.6 is 22.9 Å². The van der Waals surface area contributed by atoms with Crippen molar-refractivity contribution in [2.75, 3.05) is 19.7 Å². The monoisotopic (exact) mass is 514 g/mol. The number of aliphatic hydroxyl groups excluding tert-OH is 1. The Bertz CT molecular complexity index is 1260. The number of aliphatic hydroxyl groups is 1. The lowest BCUT2D eigenvalue weighted by Crippen LogP contribution is -2.51. The number of nitrogens with zero attached hydrogens (tertiary/aromatic N) is 3. The van der Waals surface area contributed by atoms with E-state index in [9.17, 15) is 9.90 Å². The SMILES string of the molecule is Cc1cc(Cl)cc(-c2ncnc3cc(CN4C(=O)CC[C@@H]4CO)sc23)c1CC1CNCC(C)(C)O1. The number of rotatable bonds is 6. The highest BCUT2D eigenvalue weighted by Crippen LogP contribution is 2.38. The zero-order valence-corrected chi connectivity index (χ0v) is 21.9. The highest BCUT2D eigenvalue weighted by molar-refractivity contribution is 7.19. The number of halogens is 1. The van der Waals surface area contributed by atoms with Gasteiger partial charge in [0, 0.05) is 41.4 Å². The van der Waals surface area contributed by atoms with Crippen LogP contribution in [0, 0.1) is 6.92 Å². The number of amides is 1. The van der Waals surface area contributed by atoms with E-state index in [4.69, 9.17) is 21.3 Å². The van der Waals surface area contributed by atoms with Crippen molar-refractivity contribution >= 4 is 39.1 Å². The molecule has 3 aromatic rings. The van der Waals surface area contributed by atoms with Gasteiger partial charge in [0.25, 0.3) is 0 Å². The molecule has 0 aliphatic carbocycles. The topological polar surface area (TPSA) is 87.6 Å². The Morgan fingerprint density at radius 2 is 2.14 bits per heavy atom. The van der Waals surface area contributed by atoms with Crippen molar-refractivity contribution in [1.82, 2.24) is 20.2 Å². The third kappa shape index (κ3) is 5.08. The molecule has 2 N–H and O–H groups in total. The molecule has 1 unspecified atom stereocenters. The molecule has 9 heteroatoms. The maximum Gasteiger partial charge on any atom is 0.223 e. The Hall–Kier alpha value is -2.10. The number of nitrogens with one attached hydrogen (secondary N) is 1. The standard InChI is InChI=1S/C26H31ClN4O3S/c1-15-6-16(27)7-21(20(15)8-18-10-28-13-26(2,3)34-18)24-25-22(29-14-30-24)9-19(35-25)11-31-17(12-32)4-5-23(31)33/h6-7,9,14,17-18,28,32H,4-5,8,10-13H2,1-3H3/t17-,18?/m1/s1. The Balaban J connectivity index is 1.52. The lowest BCUT2D eigenvalue weighted by molar-refractivity contribution is -0.130. The second-order valence-corrected chi connectivity index (χ2v) is 11.7. The summed E-state index contributed by atoms with van der Waals surface area (Å²) in [7, 11) is 0. The van der Waals surface area contributed by atoms with Gasteiger partial charge in [-0.05, 0) is 56.5 Å². The van der Waals surface area contributed by atoms with Gasteiger partial charge in [-0.1, -0.05) is 11.6 Å². The molecule has 0 bridgehead atoms. The molecular weight excluding hydrogens is 484 g/mol. The van der Waals surface area contributed by atoms with Crippen LogP contribution in [0.15, 0.2) is 24.5 Å². The van der Waals surface area contributed by atoms with Gasteiger partial charge in [0.1, 0.15) is 6.33 Å². The Kier molecular flexibility index (Phi) is 6.85. The van der Waals surface area contributed by atoms with Crippen molar-refractivity contribution in [3.05, 3.63) is 45.6 Å². The highest BCUT2D eigenvalue weighted by atomic mass is 35.5. The van der Waals surface area contributed by atoms with Crippen LogP contribution in [-0.4, -0.2) is 63.3 Å². The van der Waals surface area contributed by atoms with E-state index in [1.807, 2.05) is 18.2 Å². The molecule has 5 rings (SSSR count). The van der Waals surface area contributed by atoms with E-state index in [1.54, 1.807) is 22.6 Å². The third-order valence-corrected chi connectivity index (χ3v) is 8.22. The van der Waals surface area contributed by atoms with E-state index in [-0.39, 0.29) is 30.3 Å². The summed E-state index contributed by atoms with van der Waals surface area (Å²) in [6.45, 7) is 8.38. The van der Waals surface area contributed by atoms with Crippen LogP contribution in [0.1, 0.15) is 42.7 Å². The first-order chi connectivity index (χ1) is 16.7. The number of aryl methyl sites for hydroxylation is 1. The van der Waals surface area contributed by atoms with Gasteiger partial charge < -0.3 is 20.1 Å². The number of morpholine rings is 1. The molecule has 2 saturated heterocycles. The van der Waals surface area contributed by atoms with Crippen molar-refractivity contribution in [2.24, 2.45) is 0 Å². The fourth-order valence-electron chi connectivity index (χ4n) is 5.21. The summed E-state index contributed by atoms with van der Waals surface area (Å²) >= 11 is 8.13. The molecule has 0 spiro atoms. The maximum absolute atomic E-state index is 12.4.